The van der Waals surface area contributed by atoms with Gasteiger partial charge >= 0.3 is 0 Å². The van der Waals surface area contributed by atoms with Crippen LogP contribution in [0.15, 0.2) is 30.3 Å². The van der Waals surface area contributed by atoms with Gasteiger partial charge in [-0.25, -0.2) is 15.8 Å². The summed E-state index contributed by atoms with van der Waals surface area (Å²) < 4.78 is 0. The second-order valence-electron chi connectivity index (χ2n) is 5.00. The third-order valence-corrected chi connectivity index (χ3v) is 3.14. The molecule has 0 aliphatic rings. The summed E-state index contributed by atoms with van der Waals surface area (Å²) >= 11 is 0. The van der Waals surface area contributed by atoms with E-state index < -0.39 is 0 Å². The number of hydrogen-bond donors (Lipinski definition) is 2. The zero-order chi connectivity index (χ0) is 13.8. The molecular weight excluding hydrogens is 236 g/mol. The van der Waals surface area contributed by atoms with Crippen LogP contribution in [-0.4, -0.2) is 9.97 Å². The van der Waals surface area contributed by atoms with Crippen LogP contribution >= 0.6 is 0 Å². The Morgan fingerprint density at radius 2 is 1.95 bits per heavy atom. The summed E-state index contributed by atoms with van der Waals surface area (Å²) in [6, 6.07) is 10.2. The Labute approximate surface area is 114 Å². The fraction of sp³-hybridized carbons (Fsp3) is 0.333. The van der Waals surface area contributed by atoms with Crippen molar-refractivity contribution in [2.24, 2.45) is 5.84 Å². The average Bonchev–Trinajstić information content (AvgIpc) is 2.41. The Balaban J connectivity index is 2.34. The fourth-order valence-electron chi connectivity index (χ4n) is 1.95. The molecule has 3 N–H and O–H groups in total. The Bertz CT molecular complexity index is 564. The predicted molar refractivity (Wildman–Crippen MR) is 77.9 cm³/mol. The van der Waals surface area contributed by atoms with Gasteiger partial charge in [-0.2, -0.15) is 0 Å². The molecule has 0 fully saturated rings. The van der Waals surface area contributed by atoms with Crippen LogP contribution in [0.2, 0.25) is 0 Å². The van der Waals surface area contributed by atoms with Crippen molar-refractivity contribution >= 4 is 5.82 Å². The highest BCUT2D eigenvalue weighted by Gasteiger charge is 2.08. The first-order valence-electron chi connectivity index (χ1n) is 6.49. The topological polar surface area (TPSA) is 63.8 Å². The molecule has 0 aliphatic carbocycles. The van der Waals surface area contributed by atoms with E-state index in [0.29, 0.717) is 11.7 Å². The normalized spacial score (nSPS) is 10.8. The molecule has 4 heteroatoms. The number of aryl methyl sites for hydroxylation is 1. The number of hydrazine groups is 1. The van der Waals surface area contributed by atoms with Crippen molar-refractivity contribution in [1.82, 2.24) is 9.97 Å². The lowest BCUT2D eigenvalue weighted by Gasteiger charge is -2.11. The molecule has 0 spiro atoms. The van der Waals surface area contributed by atoms with Crippen LogP contribution in [0, 0.1) is 6.92 Å². The summed E-state index contributed by atoms with van der Waals surface area (Å²) in [5.74, 6) is 7.29. The smallest absolute Gasteiger partial charge is 0.143 e. The second-order valence-corrected chi connectivity index (χ2v) is 5.00. The lowest BCUT2D eigenvalue weighted by atomic mass is 10.1. The van der Waals surface area contributed by atoms with Crippen molar-refractivity contribution in [3.63, 3.8) is 0 Å². The number of aromatic nitrogens is 2. The van der Waals surface area contributed by atoms with Gasteiger partial charge in [0.15, 0.2) is 0 Å². The molecule has 1 aromatic carbocycles. The zero-order valence-electron chi connectivity index (χ0n) is 11.6. The molecule has 0 amide bonds. The molecule has 1 heterocycles. The summed E-state index contributed by atoms with van der Waals surface area (Å²) in [4.78, 5) is 9.03. The van der Waals surface area contributed by atoms with Gasteiger partial charge in [0, 0.05) is 18.2 Å². The molecule has 4 nitrogen and oxygen atoms in total. The summed E-state index contributed by atoms with van der Waals surface area (Å²) in [6.45, 7) is 6.32. The number of nitrogens with two attached hydrogens (primary N) is 1. The minimum Gasteiger partial charge on any atom is -0.308 e. The molecule has 0 atom stereocenters. The molecule has 2 rings (SSSR count). The van der Waals surface area contributed by atoms with Crippen LogP contribution in [0.25, 0.3) is 0 Å². The maximum Gasteiger partial charge on any atom is 0.143 e. The van der Waals surface area contributed by atoms with E-state index in [-0.39, 0.29) is 0 Å². The SMILES string of the molecule is Cc1ccccc1Cc1nc(NN)cc(C(C)C)n1. The van der Waals surface area contributed by atoms with Gasteiger partial charge in [0.2, 0.25) is 0 Å². The van der Waals surface area contributed by atoms with Gasteiger partial charge in [0.05, 0.1) is 0 Å². The maximum atomic E-state index is 5.47. The lowest BCUT2D eigenvalue weighted by Crippen LogP contribution is -2.12. The van der Waals surface area contributed by atoms with E-state index in [9.17, 15) is 0 Å². The maximum absolute atomic E-state index is 5.47. The van der Waals surface area contributed by atoms with Crippen molar-refractivity contribution in [2.45, 2.75) is 33.1 Å². The lowest BCUT2D eigenvalue weighted by molar-refractivity contribution is 0.791. The van der Waals surface area contributed by atoms with Gasteiger partial charge in [-0.1, -0.05) is 38.1 Å². The highest BCUT2D eigenvalue weighted by molar-refractivity contribution is 5.37. The van der Waals surface area contributed by atoms with Gasteiger partial charge in [0.1, 0.15) is 11.6 Å². The van der Waals surface area contributed by atoms with Crippen LogP contribution in [0.1, 0.15) is 42.4 Å². The molecule has 0 aliphatic heterocycles. The van der Waals surface area contributed by atoms with Gasteiger partial charge in [-0.3, -0.25) is 0 Å². The van der Waals surface area contributed by atoms with E-state index in [0.717, 1.165) is 17.9 Å². The van der Waals surface area contributed by atoms with Crippen molar-refractivity contribution in [2.75, 3.05) is 5.43 Å². The number of hydrogen-bond acceptors (Lipinski definition) is 4. The van der Waals surface area contributed by atoms with E-state index >= 15 is 0 Å². The standard InChI is InChI=1S/C15H20N4/c1-10(2)13-9-15(19-16)18-14(17-13)8-12-7-5-4-6-11(12)3/h4-7,9-10H,8,16H2,1-3H3,(H,17,18,19). The zero-order valence-corrected chi connectivity index (χ0v) is 11.6. The van der Waals surface area contributed by atoms with Crippen molar-refractivity contribution in [1.29, 1.82) is 0 Å². The largest absolute Gasteiger partial charge is 0.308 e. The number of rotatable bonds is 4. The summed E-state index contributed by atoms with van der Waals surface area (Å²) in [6.07, 6.45) is 0.724. The first-order chi connectivity index (χ1) is 9.10. The van der Waals surface area contributed by atoms with Crippen molar-refractivity contribution in [3.8, 4) is 0 Å². The third kappa shape index (κ3) is 3.29. The summed E-state index contributed by atoms with van der Waals surface area (Å²) in [7, 11) is 0. The first-order valence-corrected chi connectivity index (χ1v) is 6.49. The molecular formula is C15H20N4. The van der Waals surface area contributed by atoms with Crippen LogP contribution < -0.4 is 11.3 Å². The minimum atomic E-state index is 0.353. The fourth-order valence-corrected chi connectivity index (χ4v) is 1.95. The van der Waals surface area contributed by atoms with Crippen LogP contribution in [0.5, 0.6) is 0 Å². The number of nitrogens with zero attached hydrogens (tertiary/aromatic N) is 2. The Kier molecular flexibility index (Phi) is 4.12. The molecule has 0 saturated heterocycles. The molecule has 0 bridgehead atoms. The highest BCUT2D eigenvalue weighted by Crippen LogP contribution is 2.17. The van der Waals surface area contributed by atoms with Gasteiger partial charge < -0.3 is 5.43 Å². The Morgan fingerprint density at radius 3 is 2.58 bits per heavy atom. The predicted octanol–water partition coefficient (Wildman–Crippen LogP) is 2.78. The van der Waals surface area contributed by atoms with Crippen molar-refractivity contribution in [3.05, 3.63) is 53.0 Å². The molecule has 19 heavy (non-hydrogen) atoms. The van der Waals surface area contributed by atoms with Crippen LogP contribution in [0.4, 0.5) is 5.82 Å². The summed E-state index contributed by atoms with van der Waals surface area (Å²) in [5.41, 5.74) is 6.11. The van der Waals surface area contributed by atoms with Crippen LogP contribution in [-0.2, 0) is 6.42 Å². The monoisotopic (exact) mass is 256 g/mol. The van der Waals surface area contributed by atoms with Crippen molar-refractivity contribution < 1.29 is 0 Å². The van der Waals surface area contributed by atoms with Gasteiger partial charge in [-0.15, -0.1) is 0 Å². The quantitative estimate of drug-likeness (QED) is 0.652. The number of anilines is 1. The van der Waals surface area contributed by atoms with Gasteiger partial charge in [-0.05, 0) is 24.0 Å². The minimum absolute atomic E-state index is 0.353. The van der Waals surface area contributed by atoms with E-state index in [1.165, 1.54) is 11.1 Å². The third-order valence-electron chi connectivity index (χ3n) is 3.14. The summed E-state index contributed by atoms with van der Waals surface area (Å²) in [5, 5.41) is 0. The second kappa shape index (κ2) is 5.80. The average molecular weight is 256 g/mol. The molecule has 2 aromatic rings. The van der Waals surface area contributed by atoms with E-state index in [2.05, 4.69) is 48.3 Å². The highest BCUT2D eigenvalue weighted by atomic mass is 15.3. The molecule has 100 valence electrons. The number of nitrogens with one attached hydrogen (secondary N) is 1. The molecule has 1 aromatic heterocycles. The van der Waals surface area contributed by atoms with E-state index in [1.807, 2.05) is 18.2 Å². The molecule has 0 unspecified atom stereocenters. The molecule has 0 saturated carbocycles. The number of nitrogen functional groups attached to an aromatic ring is 1. The van der Waals surface area contributed by atoms with E-state index in [4.69, 9.17) is 5.84 Å². The molecule has 0 radical (unpaired) electrons. The van der Waals surface area contributed by atoms with Crippen LogP contribution in [0.3, 0.4) is 0 Å². The Morgan fingerprint density at radius 1 is 1.21 bits per heavy atom. The van der Waals surface area contributed by atoms with E-state index in [1.54, 1.807) is 0 Å². The van der Waals surface area contributed by atoms with Gasteiger partial charge in [0.25, 0.3) is 0 Å². The first kappa shape index (κ1) is 13.5. The Hall–Kier alpha value is -1.94. The number of benzene rings is 1.